The summed E-state index contributed by atoms with van der Waals surface area (Å²) in [6, 6.07) is 11.8. The number of carbonyl (C=O) groups excluding carboxylic acids is 1. The smallest absolute Gasteiger partial charge is 0.313 e. The second kappa shape index (κ2) is 7.22. The number of benzene rings is 2. The van der Waals surface area contributed by atoms with Crippen LogP contribution >= 0.6 is 0 Å². The zero-order valence-electron chi connectivity index (χ0n) is 14.2. The number of rotatable bonds is 4. The van der Waals surface area contributed by atoms with Crippen molar-refractivity contribution in [3.8, 4) is 5.75 Å². The Labute approximate surface area is 142 Å². The molecule has 0 spiro atoms. The van der Waals surface area contributed by atoms with Gasteiger partial charge in [-0.3, -0.25) is 4.79 Å². The highest BCUT2D eigenvalue weighted by Gasteiger charge is 2.28. The van der Waals surface area contributed by atoms with Gasteiger partial charge in [-0.2, -0.15) is 0 Å². The van der Waals surface area contributed by atoms with Gasteiger partial charge in [-0.05, 0) is 54.7 Å². The quantitative estimate of drug-likeness (QED) is 0.868. The Morgan fingerprint density at radius 2 is 1.83 bits per heavy atom. The normalized spacial score (nSPS) is 22.1. The van der Waals surface area contributed by atoms with Crippen molar-refractivity contribution in [2.75, 3.05) is 7.11 Å². The van der Waals surface area contributed by atoms with Gasteiger partial charge in [-0.15, -0.1) is 0 Å². The van der Waals surface area contributed by atoms with Crippen LogP contribution in [0, 0.1) is 0 Å². The van der Waals surface area contributed by atoms with Gasteiger partial charge in [0.15, 0.2) is 0 Å². The lowest BCUT2D eigenvalue weighted by molar-refractivity contribution is -0.159. The molecule has 0 radical (unpaired) electrons. The molecule has 1 saturated carbocycles. The first kappa shape index (κ1) is 16.8. The third-order valence-corrected chi connectivity index (χ3v) is 4.86. The molecule has 3 rings (SSSR count). The average Bonchev–Trinajstić information content (AvgIpc) is 2.62. The molecular formula is C20H24O4. The molecule has 2 aromatic rings. The maximum atomic E-state index is 12.4. The van der Waals surface area contributed by atoms with Crippen LogP contribution in [-0.4, -0.2) is 30.4 Å². The first-order chi connectivity index (χ1) is 11.6. The molecule has 0 saturated heterocycles. The summed E-state index contributed by atoms with van der Waals surface area (Å²) >= 11 is 0. The van der Waals surface area contributed by atoms with Crippen LogP contribution in [0.1, 0.15) is 44.1 Å². The van der Waals surface area contributed by atoms with E-state index in [4.69, 9.17) is 9.47 Å². The number of hydrogen-bond acceptors (Lipinski definition) is 4. The van der Waals surface area contributed by atoms with E-state index >= 15 is 0 Å². The van der Waals surface area contributed by atoms with Crippen LogP contribution in [0.2, 0.25) is 0 Å². The minimum Gasteiger partial charge on any atom is -0.497 e. The summed E-state index contributed by atoms with van der Waals surface area (Å²) in [7, 11) is 1.65. The van der Waals surface area contributed by atoms with E-state index in [1.807, 2.05) is 43.3 Å². The monoisotopic (exact) mass is 328 g/mol. The van der Waals surface area contributed by atoms with Crippen LogP contribution in [0.3, 0.4) is 0 Å². The Morgan fingerprint density at radius 3 is 2.58 bits per heavy atom. The molecule has 128 valence electrons. The molecule has 0 amide bonds. The molecule has 3 atom stereocenters. The summed E-state index contributed by atoms with van der Waals surface area (Å²) in [5.74, 6) is 0.188. The maximum absolute atomic E-state index is 12.4. The van der Waals surface area contributed by atoms with Gasteiger partial charge in [0, 0.05) is 0 Å². The van der Waals surface area contributed by atoms with Crippen molar-refractivity contribution in [3.63, 3.8) is 0 Å². The van der Waals surface area contributed by atoms with Crippen molar-refractivity contribution in [2.24, 2.45) is 0 Å². The van der Waals surface area contributed by atoms with Gasteiger partial charge in [0.25, 0.3) is 0 Å². The fourth-order valence-electron chi connectivity index (χ4n) is 3.24. The van der Waals surface area contributed by atoms with E-state index in [0.717, 1.165) is 41.3 Å². The van der Waals surface area contributed by atoms with Crippen LogP contribution in [-0.2, 0) is 9.53 Å². The van der Waals surface area contributed by atoms with Crippen molar-refractivity contribution in [1.82, 2.24) is 0 Å². The van der Waals surface area contributed by atoms with E-state index in [2.05, 4.69) is 0 Å². The predicted molar refractivity (Wildman–Crippen MR) is 93.3 cm³/mol. The molecule has 24 heavy (non-hydrogen) atoms. The molecule has 3 unspecified atom stereocenters. The van der Waals surface area contributed by atoms with Crippen LogP contribution in [0.4, 0.5) is 0 Å². The topological polar surface area (TPSA) is 55.8 Å². The average molecular weight is 328 g/mol. The molecule has 0 aromatic heterocycles. The van der Waals surface area contributed by atoms with Crippen molar-refractivity contribution in [2.45, 2.75) is 50.7 Å². The molecule has 0 aliphatic heterocycles. The second-order valence-electron chi connectivity index (χ2n) is 6.52. The Hall–Kier alpha value is -2.07. The zero-order chi connectivity index (χ0) is 17.1. The molecule has 1 aliphatic carbocycles. The number of aliphatic hydroxyl groups excluding tert-OH is 1. The van der Waals surface area contributed by atoms with Crippen LogP contribution in [0.5, 0.6) is 5.75 Å². The molecule has 1 fully saturated rings. The van der Waals surface area contributed by atoms with Gasteiger partial charge in [-0.1, -0.05) is 30.7 Å². The van der Waals surface area contributed by atoms with Crippen molar-refractivity contribution in [1.29, 1.82) is 0 Å². The van der Waals surface area contributed by atoms with Crippen molar-refractivity contribution in [3.05, 3.63) is 42.0 Å². The van der Waals surface area contributed by atoms with Crippen molar-refractivity contribution < 1.29 is 19.4 Å². The van der Waals surface area contributed by atoms with E-state index in [1.54, 1.807) is 7.11 Å². The number of aliphatic hydroxyl groups is 1. The van der Waals surface area contributed by atoms with Gasteiger partial charge in [0.1, 0.15) is 11.9 Å². The van der Waals surface area contributed by atoms with Crippen LogP contribution in [0.25, 0.3) is 10.8 Å². The summed E-state index contributed by atoms with van der Waals surface area (Å²) in [5, 5.41) is 12.1. The Kier molecular flexibility index (Phi) is 5.05. The summed E-state index contributed by atoms with van der Waals surface area (Å²) < 4.78 is 10.8. The third kappa shape index (κ3) is 3.54. The minimum atomic E-state index is -0.529. The SMILES string of the molecule is COc1ccc2cc(C(C)C(=O)OC3CCCCC3O)ccc2c1. The summed E-state index contributed by atoms with van der Waals surface area (Å²) in [6.07, 6.45) is 2.57. The predicted octanol–water partition coefficient (Wildman–Crippen LogP) is 3.80. The highest BCUT2D eigenvalue weighted by molar-refractivity contribution is 5.86. The summed E-state index contributed by atoms with van der Waals surface area (Å²) in [4.78, 5) is 12.4. The van der Waals surface area contributed by atoms with E-state index in [-0.39, 0.29) is 18.0 Å². The Bertz CT molecular complexity index is 725. The third-order valence-electron chi connectivity index (χ3n) is 4.86. The highest BCUT2D eigenvalue weighted by atomic mass is 16.6. The fourth-order valence-corrected chi connectivity index (χ4v) is 3.24. The minimum absolute atomic E-state index is 0.270. The van der Waals surface area contributed by atoms with Gasteiger partial charge >= 0.3 is 5.97 Å². The van der Waals surface area contributed by atoms with Crippen LogP contribution < -0.4 is 4.74 Å². The summed E-state index contributed by atoms with van der Waals surface area (Å²) in [5.41, 5.74) is 0.919. The van der Waals surface area contributed by atoms with Gasteiger partial charge in [0.05, 0.1) is 19.1 Å². The largest absolute Gasteiger partial charge is 0.497 e. The van der Waals surface area contributed by atoms with Gasteiger partial charge in [-0.25, -0.2) is 0 Å². The lowest BCUT2D eigenvalue weighted by atomic mass is 9.94. The number of methoxy groups -OCH3 is 1. The highest BCUT2D eigenvalue weighted by Crippen LogP contribution is 2.27. The van der Waals surface area contributed by atoms with E-state index in [0.29, 0.717) is 6.42 Å². The lowest BCUT2D eigenvalue weighted by Gasteiger charge is -2.28. The molecule has 4 nitrogen and oxygen atoms in total. The summed E-state index contributed by atoms with van der Waals surface area (Å²) in [6.45, 7) is 1.85. The van der Waals surface area contributed by atoms with E-state index < -0.39 is 6.10 Å². The molecule has 0 heterocycles. The fraction of sp³-hybridized carbons (Fsp3) is 0.450. The lowest BCUT2D eigenvalue weighted by Crippen LogP contribution is -2.35. The maximum Gasteiger partial charge on any atom is 0.313 e. The molecule has 1 aliphatic rings. The second-order valence-corrected chi connectivity index (χ2v) is 6.52. The Balaban J connectivity index is 1.74. The number of carbonyl (C=O) groups is 1. The zero-order valence-corrected chi connectivity index (χ0v) is 14.2. The number of hydrogen-bond donors (Lipinski definition) is 1. The van der Waals surface area contributed by atoms with Gasteiger partial charge < -0.3 is 14.6 Å². The van der Waals surface area contributed by atoms with E-state index in [1.165, 1.54) is 0 Å². The molecule has 0 bridgehead atoms. The number of fused-ring (bicyclic) bond motifs is 1. The Morgan fingerprint density at radius 1 is 1.12 bits per heavy atom. The first-order valence-electron chi connectivity index (χ1n) is 8.55. The molecular weight excluding hydrogens is 304 g/mol. The molecule has 4 heteroatoms. The molecule has 2 aromatic carbocycles. The van der Waals surface area contributed by atoms with Gasteiger partial charge in [0.2, 0.25) is 0 Å². The first-order valence-corrected chi connectivity index (χ1v) is 8.55. The molecule has 1 N–H and O–H groups in total. The van der Waals surface area contributed by atoms with Crippen LogP contribution in [0.15, 0.2) is 36.4 Å². The number of esters is 1. The van der Waals surface area contributed by atoms with Crippen molar-refractivity contribution >= 4 is 16.7 Å². The van der Waals surface area contributed by atoms with E-state index in [9.17, 15) is 9.90 Å². The standard InChI is InChI=1S/C20H24O4/c1-13(20(22)24-19-6-4-3-5-18(19)21)14-7-8-16-12-17(23-2)10-9-15(16)11-14/h7-13,18-19,21H,3-6H2,1-2H3. The number of ether oxygens (including phenoxy) is 2.